The monoisotopic (exact) mass is 362 g/mol. The van der Waals surface area contributed by atoms with Gasteiger partial charge in [-0.1, -0.05) is 36.4 Å². The quantitative estimate of drug-likeness (QED) is 0.523. The van der Waals surface area contributed by atoms with Crippen molar-refractivity contribution in [3.8, 4) is 34.8 Å². The molecule has 0 saturated heterocycles. The van der Waals surface area contributed by atoms with Crippen LogP contribution in [0.5, 0.6) is 0 Å². The molecule has 2 aromatic carbocycles. The summed E-state index contributed by atoms with van der Waals surface area (Å²) in [6.45, 7) is 0. The van der Waals surface area contributed by atoms with Crippen molar-refractivity contribution >= 4 is 0 Å². The number of rotatable bonds is 4. The molecule has 0 N–H and O–H groups in total. The standard InChI is InChI=1S/C23H14N4O/c24-11-19-7-6-18(10-16-13-26-15-27-14-16)20(12-25)23(19)22-9-8-21(28-22)17-4-2-1-3-5-17/h1-9,13-15H,10H2. The van der Waals surface area contributed by atoms with Crippen LogP contribution in [0.15, 0.2) is 77.7 Å². The Morgan fingerprint density at radius 2 is 1.57 bits per heavy atom. The van der Waals surface area contributed by atoms with Crippen molar-refractivity contribution in [2.75, 3.05) is 0 Å². The third-order valence-corrected chi connectivity index (χ3v) is 4.44. The van der Waals surface area contributed by atoms with E-state index in [-0.39, 0.29) is 0 Å². The van der Waals surface area contributed by atoms with Gasteiger partial charge in [0.2, 0.25) is 0 Å². The first-order chi connectivity index (χ1) is 13.8. The lowest BCUT2D eigenvalue weighted by molar-refractivity contribution is 0.597. The van der Waals surface area contributed by atoms with Crippen molar-refractivity contribution in [2.24, 2.45) is 0 Å². The smallest absolute Gasteiger partial charge is 0.137 e. The Kier molecular flexibility index (Phi) is 4.65. The van der Waals surface area contributed by atoms with Gasteiger partial charge in [0.1, 0.15) is 23.9 Å². The van der Waals surface area contributed by atoms with Gasteiger partial charge in [-0.15, -0.1) is 0 Å². The summed E-state index contributed by atoms with van der Waals surface area (Å²) in [5, 5.41) is 19.4. The van der Waals surface area contributed by atoms with Gasteiger partial charge in [0.05, 0.1) is 22.8 Å². The van der Waals surface area contributed by atoms with E-state index in [4.69, 9.17) is 4.42 Å². The minimum atomic E-state index is 0.401. The van der Waals surface area contributed by atoms with E-state index in [1.54, 1.807) is 30.6 Å². The highest BCUT2D eigenvalue weighted by Gasteiger charge is 2.19. The molecule has 0 atom stereocenters. The Labute approximate surface area is 162 Å². The zero-order chi connectivity index (χ0) is 19.3. The highest BCUT2D eigenvalue weighted by molar-refractivity contribution is 5.76. The normalized spacial score (nSPS) is 10.2. The fourth-order valence-corrected chi connectivity index (χ4v) is 3.14. The Morgan fingerprint density at radius 3 is 2.29 bits per heavy atom. The predicted octanol–water partition coefficient (Wildman–Crippen LogP) is 4.74. The molecule has 5 heteroatoms. The number of hydrogen-bond donors (Lipinski definition) is 0. The average Bonchev–Trinajstić information content (AvgIpc) is 3.24. The van der Waals surface area contributed by atoms with E-state index in [0.29, 0.717) is 34.6 Å². The second-order valence-corrected chi connectivity index (χ2v) is 6.20. The molecule has 5 nitrogen and oxygen atoms in total. The van der Waals surface area contributed by atoms with Gasteiger partial charge in [0.15, 0.2) is 0 Å². The molecule has 0 amide bonds. The van der Waals surface area contributed by atoms with Crippen LogP contribution in [0.2, 0.25) is 0 Å². The van der Waals surface area contributed by atoms with Crippen LogP contribution in [0.4, 0.5) is 0 Å². The lowest BCUT2D eigenvalue weighted by Crippen LogP contribution is -1.98. The van der Waals surface area contributed by atoms with E-state index in [2.05, 4.69) is 22.1 Å². The summed E-state index contributed by atoms with van der Waals surface area (Å²) in [4.78, 5) is 8.05. The summed E-state index contributed by atoms with van der Waals surface area (Å²) in [5.74, 6) is 1.18. The first kappa shape index (κ1) is 17.2. The molecule has 2 aromatic heterocycles. The van der Waals surface area contributed by atoms with Crippen LogP contribution in [-0.2, 0) is 6.42 Å². The van der Waals surface area contributed by atoms with Crippen molar-refractivity contribution in [1.82, 2.24) is 9.97 Å². The summed E-state index contributed by atoms with van der Waals surface area (Å²) in [5.41, 5.74) is 3.96. The molecule has 0 unspecified atom stereocenters. The lowest BCUT2D eigenvalue weighted by atomic mass is 9.92. The number of nitrogens with zero attached hydrogens (tertiary/aromatic N) is 4. The lowest BCUT2D eigenvalue weighted by Gasteiger charge is -2.10. The third kappa shape index (κ3) is 3.25. The van der Waals surface area contributed by atoms with Crippen LogP contribution in [0, 0.1) is 22.7 Å². The summed E-state index contributed by atoms with van der Waals surface area (Å²) >= 11 is 0. The largest absolute Gasteiger partial charge is 0.456 e. The van der Waals surface area contributed by atoms with Crippen LogP contribution < -0.4 is 0 Å². The highest BCUT2D eigenvalue weighted by atomic mass is 16.3. The topological polar surface area (TPSA) is 86.5 Å². The number of furan rings is 1. The Bertz CT molecular complexity index is 1200. The summed E-state index contributed by atoms with van der Waals surface area (Å²) in [7, 11) is 0. The Hall–Kier alpha value is -4.22. The van der Waals surface area contributed by atoms with Gasteiger partial charge in [-0.3, -0.25) is 0 Å². The molecule has 0 radical (unpaired) electrons. The van der Waals surface area contributed by atoms with E-state index in [1.165, 1.54) is 6.33 Å². The molecular weight excluding hydrogens is 348 g/mol. The van der Waals surface area contributed by atoms with Gasteiger partial charge in [0, 0.05) is 24.4 Å². The molecule has 28 heavy (non-hydrogen) atoms. The first-order valence-electron chi connectivity index (χ1n) is 8.65. The second kappa shape index (κ2) is 7.57. The minimum absolute atomic E-state index is 0.401. The molecular formula is C23H14N4O. The molecule has 0 aliphatic carbocycles. The maximum atomic E-state index is 9.85. The summed E-state index contributed by atoms with van der Waals surface area (Å²) in [6, 6.07) is 21.3. The van der Waals surface area contributed by atoms with Crippen LogP contribution in [-0.4, -0.2) is 9.97 Å². The first-order valence-corrected chi connectivity index (χ1v) is 8.65. The highest BCUT2D eigenvalue weighted by Crippen LogP contribution is 2.34. The van der Waals surface area contributed by atoms with Crippen LogP contribution in [0.25, 0.3) is 22.6 Å². The van der Waals surface area contributed by atoms with Crippen molar-refractivity contribution in [2.45, 2.75) is 6.42 Å². The molecule has 0 bridgehead atoms. The number of aromatic nitrogens is 2. The average molecular weight is 362 g/mol. The van der Waals surface area contributed by atoms with Crippen molar-refractivity contribution in [3.63, 3.8) is 0 Å². The number of benzene rings is 2. The van der Waals surface area contributed by atoms with E-state index in [0.717, 1.165) is 16.7 Å². The molecule has 0 aliphatic rings. The van der Waals surface area contributed by atoms with Crippen molar-refractivity contribution in [3.05, 3.63) is 95.6 Å². The SMILES string of the molecule is N#Cc1ccc(Cc2cncnc2)c(C#N)c1-c1ccc(-c2ccccc2)o1. The minimum Gasteiger partial charge on any atom is -0.456 e. The number of nitriles is 2. The molecule has 2 heterocycles. The fourth-order valence-electron chi connectivity index (χ4n) is 3.14. The van der Waals surface area contributed by atoms with E-state index >= 15 is 0 Å². The summed E-state index contributed by atoms with van der Waals surface area (Å²) in [6.07, 6.45) is 5.39. The molecule has 132 valence electrons. The van der Waals surface area contributed by atoms with Gasteiger partial charge in [-0.2, -0.15) is 10.5 Å². The fraction of sp³-hybridized carbons (Fsp3) is 0.0435. The van der Waals surface area contributed by atoms with Gasteiger partial charge in [-0.25, -0.2) is 9.97 Å². The molecule has 4 rings (SSSR count). The molecule has 0 saturated carbocycles. The zero-order valence-electron chi connectivity index (χ0n) is 14.8. The Balaban J connectivity index is 1.82. The molecule has 0 fully saturated rings. The van der Waals surface area contributed by atoms with Gasteiger partial charge < -0.3 is 4.42 Å². The Morgan fingerprint density at radius 1 is 0.821 bits per heavy atom. The molecule has 4 aromatic rings. The third-order valence-electron chi connectivity index (χ3n) is 4.44. The maximum absolute atomic E-state index is 9.85. The van der Waals surface area contributed by atoms with E-state index < -0.39 is 0 Å². The van der Waals surface area contributed by atoms with Gasteiger partial charge in [0.25, 0.3) is 0 Å². The van der Waals surface area contributed by atoms with E-state index in [9.17, 15) is 10.5 Å². The van der Waals surface area contributed by atoms with Gasteiger partial charge >= 0.3 is 0 Å². The van der Waals surface area contributed by atoms with Crippen molar-refractivity contribution < 1.29 is 4.42 Å². The van der Waals surface area contributed by atoms with Crippen LogP contribution in [0.3, 0.4) is 0 Å². The number of hydrogen-bond acceptors (Lipinski definition) is 5. The molecule has 0 spiro atoms. The second-order valence-electron chi connectivity index (χ2n) is 6.20. The van der Waals surface area contributed by atoms with Gasteiger partial charge in [-0.05, 0) is 29.3 Å². The summed E-state index contributed by atoms with van der Waals surface area (Å²) < 4.78 is 6.02. The van der Waals surface area contributed by atoms with Crippen LogP contribution >= 0.6 is 0 Å². The maximum Gasteiger partial charge on any atom is 0.137 e. The molecule has 0 aliphatic heterocycles. The zero-order valence-corrected chi connectivity index (χ0v) is 14.8. The van der Waals surface area contributed by atoms with Crippen LogP contribution in [0.1, 0.15) is 22.3 Å². The van der Waals surface area contributed by atoms with Crippen molar-refractivity contribution in [1.29, 1.82) is 10.5 Å². The van der Waals surface area contributed by atoms with E-state index in [1.807, 2.05) is 36.4 Å². The predicted molar refractivity (Wildman–Crippen MR) is 104 cm³/mol.